The average molecular weight is 248 g/mol. The van der Waals surface area contributed by atoms with Gasteiger partial charge >= 0.3 is 0 Å². The highest BCUT2D eigenvalue weighted by Crippen LogP contribution is 2.16. The molecule has 0 saturated heterocycles. The number of hydrogen-bond acceptors (Lipinski definition) is 3. The van der Waals surface area contributed by atoms with E-state index in [1.807, 2.05) is 37.3 Å². The van der Waals surface area contributed by atoms with E-state index >= 15 is 0 Å². The first-order valence-corrected chi connectivity index (χ1v) is 6.08. The molecule has 0 aliphatic carbocycles. The van der Waals surface area contributed by atoms with Gasteiger partial charge in [-0.25, -0.2) is 0 Å². The summed E-state index contributed by atoms with van der Waals surface area (Å²) in [5.74, 6) is 0.673. The minimum absolute atomic E-state index is 0.0764. The SMILES string of the molecule is CC/C=C(/C)C(=O)Nc1ccc(OCCN)cc1. The van der Waals surface area contributed by atoms with Crippen LogP contribution in [0.2, 0.25) is 0 Å². The summed E-state index contributed by atoms with van der Waals surface area (Å²) in [7, 11) is 0. The summed E-state index contributed by atoms with van der Waals surface area (Å²) in [4.78, 5) is 11.7. The van der Waals surface area contributed by atoms with Crippen molar-refractivity contribution in [1.82, 2.24) is 0 Å². The molecule has 0 heterocycles. The molecule has 0 spiro atoms. The van der Waals surface area contributed by atoms with E-state index in [0.717, 1.165) is 23.4 Å². The molecule has 4 nitrogen and oxygen atoms in total. The maximum absolute atomic E-state index is 11.7. The summed E-state index contributed by atoms with van der Waals surface area (Å²) in [6, 6.07) is 7.24. The minimum Gasteiger partial charge on any atom is -0.492 e. The molecular formula is C14H20N2O2. The predicted molar refractivity (Wildman–Crippen MR) is 73.7 cm³/mol. The largest absolute Gasteiger partial charge is 0.492 e. The second kappa shape index (κ2) is 7.50. The van der Waals surface area contributed by atoms with Crippen LogP contribution in [-0.4, -0.2) is 19.1 Å². The number of benzene rings is 1. The zero-order valence-corrected chi connectivity index (χ0v) is 10.9. The average Bonchev–Trinajstić information content (AvgIpc) is 2.38. The standard InChI is InChI=1S/C14H20N2O2/c1-3-4-11(2)14(17)16-12-5-7-13(8-6-12)18-10-9-15/h4-8H,3,9-10,15H2,1-2H3,(H,16,17)/b11-4-. The Balaban J connectivity index is 2.58. The molecule has 98 valence electrons. The van der Waals surface area contributed by atoms with Gasteiger partial charge in [0.25, 0.3) is 5.91 Å². The smallest absolute Gasteiger partial charge is 0.250 e. The quantitative estimate of drug-likeness (QED) is 0.759. The lowest BCUT2D eigenvalue weighted by Gasteiger charge is -2.07. The van der Waals surface area contributed by atoms with Crippen molar-refractivity contribution in [2.45, 2.75) is 20.3 Å². The van der Waals surface area contributed by atoms with Crippen LogP contribution in [-0.2, 0) is 4.79 Å². The second-order valence-electron chi connectivity index (χ2n) is 3.91. The van der Waals surface area contributed by atoms with E-state index < -0.39 is 0 Å². The first-order chi connectivity index (χ1) is 8.67. The monoisotopic (exact) mass is 248 g/mol. The van der Waals surface area contributed by atoms with Gasteiger partial charge in [0.15, 0.2) is 0 Å². The van der Waals surface area contributed by atoms with Crippen molar-refractivity contribution in [1.29, 1.82) is 0 Å². The van der Waals surface area contributed by atoms with Crippen molar-refractivity contribution in [3.05, 3.63) is 35.9 Å². The maximum Gasteiger partial charge on any atom is 0.250 e. The summed E-state index contributed by atoms with van der Waals surface area (Å²) in [6.07, 6.45) is 2.75. The molecule has 0 atom stereocenters. The second-order valence-corrected chi connectivity index (χ2v) is 3.91. The van der Waals surface area contributed by atoms with Crippen molar-refractivity contribution < 1.29 is 9.53 Å². The van der Waals surface area contributed by atoms with Crippen LogP contribution < -0.4 is 15.8 Å². The Morgan fingerprint density at radius 3 is 2.61 bits per heavy atom. The molecule has 1 rings (SSSR count). The lowest BCUT2D eigenvalue weighted by atomic mass is 10.2. The van der Waals surface area contributed by atoms with E-state index in [1.54, 1.807) is 6.92 Å². The van der Waals surface area contributed by atoms with Crippen LogP contribution in [0.25, 0.3) is 0 Å². The van der Waals surface area contributed by atoms with Crippen molar-refractivity contribution in [2.24, 2.45) is 5.73 Å². The summed E-state index contributed by atoms with van der Waals surface area (Å²) in [5, 5.41) is 2.82. The zero-order valence-electron chi connectivity index (χ0n) is 10.9. The van der Waals surface area contributed by atoms with Gasteiger partial charge in [-0.05, 0) is 37.6 Å². The number of ether oxygens (including phenoxy) is 1. The number of carbonyl (C=O) groups is 1. The molecule has 0 fully saturated rings. The van der Waals surface area contributed by atoms with Gasteiger partial charge in [0.1, 0.15) is 12.4 Å². The Morgan fingerprint density at radius 1 is 1.39 bits per heavy atom. The molecular weight excluding hydrogens is 228 g/mol. The van der Waals surface area contributed by atoms with Crippen LogP contribution in [0.4, 0.5) is 5.69 Å². The van der Waals surface area contributed by atoms with Gasteiger partial charge in [-0.3, -0.25) is 4.79 Å². The summed E-state index contributed by atoms with van der Waals surface area (Å²) < 4.78 is 5.35. The molecule has 0 bridgehead atoms. The third-order valence-corrected chi connectivity index (χ3v) is 2.37. The molecule has 0 saturated carbocycles. The van der Waals surface area contributed by atoms with Gasteiger partial charge in [0.05, 0.1) is 0 Å². The molecule has 0 radical (unpaired) electrons. The normalized spacial score (nSPS) is 11.2. The molecule has 0 aromatic heterocycles. The van der Waals surface area contributed by atoms with Gasteiger partial charge < -0.3 is 15.8 Å². The number of nitrogens with one attached hydrogen (secondary N) is 1. The molecule has 1 aromatic rings. The number of anilines is 1. The Hall–Kier alpha value is -1.81. The van der Waals surface area contributed by atoms with Crippen LogP contribution >= 0.6 is 0 Å². The van der Waals surface area contributed by atoms with E-state index in [9.17, 15) is 4.79 Å². The van der Waals surface area contributed by atoms with Gasteiger partial charge in [-0.2, -0.15) is 0 Å². The zero-order chi connectivity index (χ0) is 13.4. The highest BCUT2D eigenvalue weighted by molar-refractivity contribution is 6.03. The summed E-state index contributed by atoms with van der Waals surface area (Å²) >= 11 is 0. The van der Waals surface area contributed by atoms with Crippen molar-refractivity contribution in [3.8, 4) is 5.75 Å². The van der Waals surface area contributed by atoms with E-state index in [-0.39, 0.29) is 5.91 Å². The number of hydrogen-bond donors (Lipinski definition) is 2. The molecule has 0 aliphatic heterocycles. The Morgan fingerprint density at radius 2 is 2.06 bits per heavy atom. The molecule has 1 amide bonds. The molecule has 18 heavy (non-hydrogen) atoms. The van der Waals surface area contributed by atoms with Crippen LogP contribution in [0.3, 0.4) is 0 Å². The first kappa shape index (κ1) is 14.3. The van der Waals surface area contributed by atoms with E-state index in [0.29, 0.717) is 13.2 Å². The first-order valence-electron chi connectivity index (χ1n) is 6.08. The van der Waals surface area contributed by atoms with E-state index in [4.69, 9.17) is 10.5 Å². The van der Waals surface area contributed by atoms with Crippen LogP contribution in [0, 0.1) is 0 Å². The van der Waals surface area contributed by atoms with Gasteiger partial charge in [-0.15, -0.1) is 0 Å². The van der Waals surface area contributed by atoms with E-state index in [1.165, 1.54) is 0 Å². The number of allylic oxidation sites excluding steroid dienone is 1. The Labute approximate surface area is 108 Å². The Bertz CT molecular complexity index is 410. The van der Waals surface area contributed by atoms with Crippen LogP contribution in [0.1, 0.15) is 20.3 Å². The van der Waals surface area contributed by atoms with Crippen LogP contribution in [0.5, 0.6) is 5.75 Å². The lowest BCUT2D eigenvalue weighted by molar-refractivity contribution is -0.112. The summed E-state index contributed by atoms with van der Waals surface area (Å²) in [5.41, 5.74) is 6.82. The third kappa shape index (κ3) is 4.59. The molecule has 0 unspecified atom stereocenters. The predicted octanol–water partition coefficient (Wildman–Crippen LogP) is 2.32. The van der Waals surface area contributed by atoms with Crippen molar-refractivity contribution >= 4 is 11.6 Å². The fourth-order valence-electron chi connectivity index (χ4n) is 1.44. The summed E-state index contributed by atoms with van der Waals surface area (Å²) in [6.45, 7) is 4.78. The molecule has 0 aliphatic rings. The maximum atomic E-state index is 11.7. The fourth-order valence-corrected chi connectivity index (χ4v) is 1.44. The van der Waals surface area contributed by atoms with Crippen molar-refractivity contribution in [2.75, 3.05) is 18.5 Å². The van der Waals surface area contributed by atoms with Gasteiger partial charge in [-0.1, -0.05) is 13.0 Å². The number of nitrogens with two attached hydrogens (primary N) is 1. The molecule has 4 heteroatoms. The Kier molecular flexibility index (Phi) is 5.94. The third-order valence-electron chi connectivity index (χ3n) is 2.37. The highest BCUT2D eigenvalue weighted by Gasteiger charge is 2.04. The highest BCUT2D eigenvalue weighted by atomic mass is 16.5. The van der Waals surface area contributed by atoms with Crippen molar-refractivity contribution in [3.63, 3.8) is 0 Å². The number of amides is 1. The molecule has 3 N–H and O–H groups in total. The van der Waals surface area contributed by atoms with E-state index in [2.05, 4.69) is 5.32 Å². The van der Waals surface area contributed by atoms with Gasteiger partial charge in [0.2, 0.25) is 0 Å². The minimum atomic E-state index is -0.0764. The number of rotatable bonds is 6. The van der Waals surface area contributed by atoms with Gasteiger partial charge in [0, 0.05) is 17.8 Å². The fraction of sp³-hybridized carbons (Fsp3) is 0.357. The van der Waals surface area contributed by atoms with Crippen LogP contribution in [0.15, 0.2) is 35.9 Å². The number of carbonyl (C=O) groups excluding carboxylic acids is 1. The molecule has 1 aromatic carbocycles. The topological polar surface area (TPSA) is 64.3 Å². The lowest BCUT2D eigenvalue weighted by Crippen LogP contribution is -2.13.